The molecule has 18 heavy (non-hydrogen) atoms. The minimum atomic E-state index is -0.775. The lowest BCUT2D eigenvalue weighted by molar-refractivity contribution is 0.198. The van der Waals surface area contributed by atoms with Crippen LogP contribution in [0.1, 0.15) is 43.3 Å². The van der Waals surface area contributed by atoms with E-state index in [9.17, 15) is 5.11 Å². The van der Waals surface area contributed by atoms with Gasteiger partial charge in [-0.3, -0.25) is 4.68 Å². The molecule has 1 aliphatic rings. The fourth-order valence-corrected chi connectivity index (χ4v) is 2.46. The SMILES string of the molecule is CCn1ncc(Cl)c1C(O)c1cncn1C1CC1. The number of aromatic nitrogens is 4. The van der Waals surface area contributed by atoms with E-state index >= 15 is 0 Å². The third-order valence-corrected chi connectivity index (χ3v) is 3.60. The van der Waals surface area contributed by atoms with Gasteiger partial charge in [0.25, 0.3) is 0 Å². The first-order valence-corrected chi connectivity index (χ1v) is 6.51. The van der Waals surface area contributed by atoms with Crippen LogP contribution in [0.3, 0.4) is 0 Å². The lowest BCUT2D eigenvalue weighted by atomic mass is 10.2. The van der Waals surface area contributed by atoms with Crippen LogP contribution < -0.4 is 0 Å². The fraction of sp³-hybridized carbons (Fsp3) is 0.500. The molecule has 96 valence electrons. The smallest absolute Gasteiger partial charge is 0.139 e. The molecule has 0 spiro atoms. The quantitative estimate of drug-likeness (QED) is 0.923. The first kappa shape index (κ1) is 11.7. The number of imidazole rings is 1. The van der Waals surface area contributed by atoms with Crippen molar-refractivity contribution in [3.63, 3.8) is 0 Å². The van der Waals surface area contributed by atoms with E-state index in [1.165, 1.54) is 0 Å². The van der Waals surface area contributed by atoms with Gasteiger partial charge in [-0.05, 0) is 19.8 Å². The third-order valence-electron chi connectivity index (χ3n) is 3.31. The normalized spacial score (nSPS) is 17.1. The lowest BCUT2D eigenvalue weighted by Gasteiger charge is -2.15. The van der Waals surface area contributed by atoms with E-state index in [0.29, 0.717) is 23.3 Å². The Bertz CT molecular complexity index is 558. The Morgan fingerprint density at radius 3 is 2.94 bits per heavy atom. The highest BCUT2D eigenvalue weighted by Crippen LogP contribution is 2.38. The molecule has 1 fully saturated rings. The maximum absolute atomic E-state index is 10.5. The molecule has 1 N–H and O–H groups in total. The molecule has 3 rings (SSSR count). The van der Waals surface area contributed by atoms with Crippen LogP contribution in [0.4, 0.5) is 0 Å². The molecular formula is C12H15ClN4O. The van der Waals surface area contributed by atoms with Gasteiger partial charge in [0, 0.05) is 12.6 Å². The number of halogens is 1. The van der Waals surface area contributed by atoms with Gasteiger partial charge in [0.05, 0.1) is 35.1 Å². The monoisotopic (exact) mass is 266 g/mol. The van der Waals surface area contributed by atoms with Crippen LogP contribution in [0, 0.1) is 0 Å². The number of hydrogen-bond acceptors (Lipinski definition) is 3. The number of hydrogen-bond donors (Lipinski definition) is 1. The molecule has 0 radical (unpaired) electrons. The second kappa shape index (κ2) is 4.40. The highest BCUT2D eigenvalue weighted by molar-refractivity contribution is 6.31. The van der Waals surface area contributed by atoms with Gasteiger partial charge in [-0.1, -0.05) is 11.6 Å². The minimum Gasteiger partial charge on any atom is -0.380 e. The summed E-state index contributed by atoms with van der Waals surface area (Å²) in [6.07, 6.45) is 6.57. The molecule has 0 aromatic carbocycles. The van der Waals surface area contributed by atoms with Crippen molar-refractivity contribution < 1.29 is 5.11 Å². The van der Waals surface area contributed by atoms with E-state index in [1.807, 2.05) is 11.5 Å². The topological polar surface area (TPSA) is 55.9 Å². The van der Waals surface area contributed by atoms with Gasteiger partial charge >= 0.3 is 0 Å². The molecule has 1 aliphatic carbocycles. The van der Waals surface area contributed by atoms with E-state index < -0.39 is 6.10 Å². The average Bonchev–Trinajstić information content (AvgIpc) is 2.98. The van der Waals surface area contributed by atoms with E-state index in [-0.39, 0.29) is 0 Å². The molecule has 0 aliphatic heterocycles. The van der Waals surface area contributed by atoms with Gasteiger partial charge in [-0.15, -0.1) is 0 Å². The fourth-order valence-electron chi connectivity index (χ4n) is 2.22. The number of aliphatic hydroxyl groups excluding tert-OH is 1. The zero-order chi connectivity index (χ0) is 12.7. The maximum Gasteiger partial charge on any atom is 0.139 e. The summed E-state index contributed by atoms with van der Waals surface area (Å²) in [6.45, 7) is 2.65. The number of aliphatic hydroxyl groups is 1. The molecule has 1 atom stereocenters. The average molecular weight is 267 g/mol. The molecule has 0 bridgehead atoms. The molecule has 6 heteroatoms. The highest BCUT2D eigenvalue weighted by atomic mass is 35.5. The summed E-state index contributed by atoms with van der Waals surface area (Å²) in [4.78, 5) is 4.13. The van der Waals surface area contributed by atoms with E-state index in [0.717, 1.165) is 18.5 Å². The largest absolute Gasteiger partial charge is 0.380 e. The standard InChI is InChI=1S/C12H15ClN4O/c1-2-17-11(9(13)5-15-17)12(18)10-6-14-7-16(10)8-3-4-8/h5-8,12,18H,2-4H2,1H3. The van der Waals surface area contributed by atoms with E-state index in [1.54, 1.807) is 23.4 Å². The van der Waals surface area contributed by atoms with Crippen LogP contribution in [0.5, 0.6) is 0 Å². The van der Waals surface area contributed by atoms with Crippen LogP contribution in [0.25, 0.3) is 0 Å². The summed E-state index contributed by atoms with van der Waals surface area (Å²) in [6, 6.07) is 0.480. The van der Waals surface area contributed by atoms with Crippen molar-refractivity contribution >= 4 is 11.6 Å². The molecular weight excluding hydrogens is 252 g/mol. The summed E-state index contributed by atoms with van der Waals surface area (Å²) in [5, 5.41) is 15.2. The molecule has 0 saturated heterocycles. The maximum atomic E-state index is 10.5. The predicted molar refractivity (Wildman–Crippen MR) is 67.5 cm³/mol. The van der Waals surface area contributed by atoms with Gasteiger partial charge in [0.2, 0.25) is 0 Å². The second-order valence-corrected chi connectivity index (χ2v) is 4.96. The summed E-state index contributed by atoms with van der Waals surface area (Å²) in [5.74, 6) is 0. The van der Waals surface area contributed by atoms with Crippen molar-refractivity contribution in [1.29, 1.82) is 0 Å². The predicted octanol–water partition coefficient (Wildman–Crippen LogP) is 2.17. The summed E-state index contributed by atoms with van der Waals surface area (Å²) >= 11 is 6.11. The van der Waals surface area contributed by atoms with Gasteiger partial charge in [0.1, 0.15) is 6.10 Å². The molecule has 1 saturated carbocycles. The molecule has 0 amide bonds. The van der Waals surface area contributed by atoms with Gasteiger partial charge in [0.15, 0.2) is 0 Å². The zero-order valence-corrected chi connectivity index (χ0v) is 10.9. The Morgan fingerprint density at radius 1 is 1.50 bits per heavy atom. The number of nitrogens with zero attached hydrogens (tertiary/aromatic N) is 4. The van der Waals surface area contributed by atoms with Crippen molar-refractivity contribution in [2.75, 3.05) is 0 Å². The van der Waals surface area contributed by atoms with Crippen molar-refractivity contribution in [2.45, 2.75) is 38.5 Å². The van der Waals surface area contributed by atoms with E-state index in [4.69, 9.17) is 11.6 Å². The molecule has 2 aromatic rings. The lowest BCUT2D eigenvalue weighted by Crippen LogP contribution is -2.13. The van der Waals surface area contributed by atoms with Crippen LogP contribution in [0.15, 0.2) is 18.7 Å². The Morgan fingerprint density at radius 2 is 2.28 bits per heavy atom. The zero-order valence-electron chi connectivity index (χ0n) is 10.1. The Kier molecular flexibility index (Phi) is 2.87. The molecule has 1 unspecified atom stereocenters. The van der Waals surface area contributed by atoms with Crippen molar-refractivity contribution in [3.8, 4) is 0 Å². The molecule has 2 heterocycles. The van der Waals surface area contributed by atoms with E-state index in [2.05, 4.69) is 10.1 Å². The number of aryl methyl sites for hydroxylation is 1. The van der Waals surface area contributed by atoms with Crippen molar-refractivity contribution in [3.05, 3.63) is 35.1 Å². The van der Waals surface area contributed by atoms with Gasteiger partial charge in [-0.25, -0.2) is 4.98 Å². The molecule has 2 aromatic heterocycles. The second-order valence-electron chi connectivity index (χ2n) is 4.55. The first-order valence-electron chi connectivity index (χ1n) is 6.13. The van der Waals surface area contributed by atoms with Crippen LogP contribution >= 0.6 is 11.6 Å². The Balaban J connectivity index is 2.00. The minimum absolute atomic E-state index is 0.480. The third kappa shape index (κ3) is 1.83. The van der Waals surface area contributed by atoms with Crippen molar-refractivity contribution in [1.82, 2.24) is 19.3 Å². The summed E-state index contributed by atoms with van der Waals surface area (Å²) < 4.78 is 3.76. The van der Waals surface area contributed by atoms with Gasteiger partial charge in [-0.2, -0.15) is 5.10 Å². The summed E-state index contributed by atoms with van der Waals surface area (Å²) in [7, 11) is 0. The van der Waals surface area contributed by atoms with Crippen LogP contribution in [0.2, 0.25) is 5.02 Å². The Labute approximate surface area is 110 Å². The molecule has 5 nitrogen and oxygen atoms in total. The van der Waals surface area contributed by atoms with Crippen LogP contribution in [-0.2, 0) is 6.54 Å². The van der Waals surface area contributed by atoms with Crippen LogP contribution in [-0.4, -0.2) is 24.4 Å². The first-order chi connectivity index (χ1) is 8.72. The highest BCUT2D eigenvalue weighted by Gasteiger charge is 2.29. The summed E-state index contributed by atoms with van der Waals surface area (Å²) in [5.41, 5.74) is 1.43. The Hall–Kier alpha value is -1.33. The van der Waals surface area contributed by atoms with Crippen molar-refractivity contribution in [2.24, 2.45) is 0 Å². The number of rotatable bonds is 4. The van der Waals surface area contributed by atoms with Gasteiger partial charge < -0.3 is 9.67 Å².